The summed E-state index contributed by atoms with van der Waals surface area (Å²) in [6.45, 7) is 1.54. The summed E-state index contributed by atoms with van der Waals surface area (Å²) in [4.78, 5) is 9.26. The first-order valence-electron chi connectivity index (χ1n) is 1.47. The van der Waals surface area contributed by atoms with Crippen LogP contribution in [-0.4, -0.2) is 16.1 Å². The van der Waals surface area contributed by atoms with E-state index in [1.807, 2.05) is 0 Å². The number of rotatable bonds is 1. The first-order valence-corrected chi connectivity index (χ1v) is 1.47. The standard InChI is InChI=1S/C3H6O2.Be/c1-2-3(4)5;/h2H2,1H3,(H,4,5);/q;+2/p-1. The molecule has 0 saturated carbocycles. The first kappa shape index (κ1) is 9.16. The van der Waals surface area contributed by atoms with E-state index in [9.17, 15) is 9.90 Å². The van der Waals surface area contributed by atoms with Crippen LogP contribution >= 0.6 is 0 Å². The van der Waals surface area contributed by atoms with Crippen molar-refractivity contribution in [2.75, 3.05) is 0 Å². The Balaban J connectivity index is 0. The zero-order valence-corrected chi connectivity index (χ0v) is 3.73. The van der Waals surface area contributed by atoms with E-state index >= 15 is 0 Å². The minimum atomic E-state index is -0.995. The van der Waals surface area contributed by atoms with Gasteiger partial charge in [0.1, 0.15) is 0 Å². The van der Waals surface area contributed by atoms with Crippen molar-refractivity contribution >= 4 is 16.1 Å². The number of carbonyl (C=O) groups excluding carboxylic acids is 1. The van der Waals surface area contributed by atoms with Gasteiger partial charge in [-0.15, -0.1) is 0 Å². The van der Waals surface area contributed by atoms with Gasteiger partial charge >= 0.3 is 10.1 Å². The fourth-order valence-electron chi connectivity index (χ4n) is 0. The smallest absolute Gasteiger partial charge is 0.550 e. The Morgan fingerprint density at radius 1 is 1.83 bits per heavy atom. The second-order valence-corrected chi connectivity index (χ2v) is 0.726. The van der Waals surface area contributed by atoms with E-state index in [1.54, 1.807) is 0 Å². The molecule has 0 N–H and O–H groups in total. The fourth-order valence-corrected chi connectivity index (χ4v) is 0. The van der Waals surface area contributed by atoms with Gasteiger partial charge in [0, 0.05) is 5.97 Å². The fraction of sp³-hybridized carbons (Fsp3) is 0.667. The third-order valence-corrected chi connectivity index (χ3v) is 0.289. The van der Waals surface area contributed by atoms with Crippen LogP contribution < -0.4 is 5.11 Å². The molecule has 0 aromatic carbocycles. The van der Waals surface area contributed by atoms with Gasteiger partial charge in [-0.3, -0.25) is 0 Å². The topological polar surface area (TPSA) is 40.1 Å². The molecule has 0 unspecified atom stereocenters. The molecule has 0 radical (unpaired) electrons. The Kier molecular flexibility index (Phi) is 7.08. The van der Waals surface area contributed by atoms with E-state index < -0.39 is 5.97 Å². The zero-order chi connectivity index (χ0) is 4.28. The van der Waals surface area contributed by atoms with Crippen LogP contribution in [0.3, 0.4) is 0 Å². The minimum absolute atomic E-state index is 0. The number of carboxylic acids is 1. The molecule has 6 heavy (non-hydrogen) atoms. The van der Waals surface area contributed by atoms with Crippen LogP contribution in [0.15, 0.2) is 0 Å². The molecule has 0 fully saturated rings. The van der Waals surface area contributed by atoms with Crippen molar-refractivity contribution < 1.29 is 9.90 Å². The maximum Gasteiger partial charge on any atom is 2.00 e. The molecule has 3 heteroatoms. The summed E-state index contributed by atoms with van der Waals surface area (Å²) in [5.74, 6) is -0.995. The van der Waals surface area contributed by atoms with Gasteiger partial charge in [-0.05, 0) is 6.42 Å². The molecular formula is C3H5BeO2+. The van der Waals surface area contributed by atoms with E-state index in [0.717, 1.165) is 0 Å². The van der Waals surface area contributed by atoms with Crippen LogP contribution in [0.2, 0.25) is 0 Å². The largest absolute Gasteiger partial charge is 2.00 e. The Bertz CT molecular complexity index is 44.1. The van der Waals surface area contributed by atoms with Crippen molar-refractivity contribution in [1.29, 1.82) is 0 Å². The van der Waals surface area contributed by atoms with Crippen molar-refractivity contribution in [2.24, 2.45) is 0 Å². The number of hydrogen-bond donors (Lipinski definition) is 0. The molecule has 0 rings (SSSR count). The zero-order valence-electron chi connectivity index (χ0n) is 3.73. The first-order chi connectivity index (χ1) is 2.27. The molecule has 30 valence electrons. The van der Waals surface area contributed by atoms with Gasteiger partial charge in [-0.1, -0.05) is 6.92 Å². The third-order valence-electron chi connectivity index (χ3n) is 0.289. The van der Waals surface area contributed by atoms with Crippen LogP contribution in [0, 0.1) is 0 Å². The second kappa shape index (κ2) is 4.64. The normalized spacial score (nSPS) is 6.17. The molecule has 0 heterocycles. The maximum atomic E-state index is 9.26. The van der Waals surface area contributed by atoms with Gasteiger partial charge in [-0.2, -0.15) is 0 Å². The molecule has 0 aliphatic carbocycles. The summed E-state index contributed by atoms with van der Waals surface area (Å²) < 4.78 is 0. The van der Waals surface area contributed by atoms with Crippen molar-refractivity contribution in [3.63, 3.8) is 0 Å². The van der Waals surface area contributed by atoms with Crippen LogP contribution in [-0.2, 0) is 4.79 Å². The van der Waals surface area contributed by atoms with Crippen molar-refractivity contribution in [3.8, 4) is 0 Å². The number of hydrogen-bond acceptors (Lipinski definition) is 2. The van der Waals surface area contributed by atoms with E-state index in [-0.39, 0.29) is 16.5 Å². The summed E-state index contributed by atoms with van der Waals surface area (Å²) in [7, 11) is 0. The van der Waals surface area contributed by atoms with Crippen LogP contribution in [0.4, 0.5) is 0 Å². The summed E-state index contributed by atoms with van der Waals surface area (Å²) >= 11 is 0. The molecule has 0 aromatic heterocycles. The minimum Gasteiger partial charge on any atom is -0.550 e. The molecule has 0 aromatic rings. The Morgan fingerprint density at radius 2 is 2.00 bits per heavy atom. The van der Waals surface area contributed by atoms with Gasteiger partial charge in [-0.25, -0.2) is 0 Å². The summed E-state index contributed by atoms with van der Waals surface area (Å²) in [5.41, 5.74) is 0. The van der Waals surface area contributed by atoms with Gasteiger partial charge in [0.05, 0.1) is 0 Å². The van der Waals surface area contributed by atoms with Gasteiger partial charge < -0.3 is 9.90 Å². The molecule has 0 saturated heterocycles. The van der Waals surface area contributed by atoms with Crippen LogP contribution in [0.1, 0.15) is 13.3 Å². The average molecular weight is 82.1 g/mol. The van der Waals surface area contributed by atoms with Crippen molar-refractivity contribution in [2.45, 2.75) is 13.3 Å². The predicted molar refractivity (Wildman–Crippen MR) is 21.1 cm³/mol. The Morgan fingerprint density at radius 3 is 2.00 bits per heavy atom. The van der Waals surface area contributed by atoms with E-state index in [4.69, 9.17) is 0 Å². The molecule has 2 nitrogen and oxygen atoms in total. The summed E-state index contributed by atoms with van der Waals surface area (Å²) in [6, 6.07) is 0. The number of carboxylic acid groups (broad SMARTS) is 1. The Hall–Kier alpha value is -0.361. The van der Waals surface area contributed by atoms with Crippen molar-refractivity contribution in [3.05, 3.63) is 0 Å². The SMILES string of the molecule is CCC(=O)[O-].[Be+2]. The van der Waals surface area contributed by atoms with E-state index in [2.05, 4.69) is 0 Å². The average Bonchev–Trinajstić information content (AvgIpc) is 1.38. The molecule has 0 bridgehead atoms. The second-order valence-electron chi connectivity index (χ2n) is 0.726. The third kappa shape index (κ3) is 9.43. The Labute approximate surface area is 40.4 Å². The van der Waals surface area contributed by atoms with Crippen molar-refractivity contribution in [1.82, 2.24) is 0 Å². The number of aliphatic carboxylic acids is 1. The number of carbonyl (C=O) groups is 1. The van der Waals surface area contributed by atoms with Gasteiger partial charge in [0.2, 0.25) is 0 Å². The molecule has 0 aliphatic rings. The van der Waals surface area contributed by atoms with E-state index in [0.29, 0.717) is 0 Å². The summed E-state index contributed by atoms with van der Waals surface area (Å²) in [6.07, 6.45) is 0.111. The monoisotopic (exact) mass is 82.0 g/mol. The maximum absolute atomic E-state index is 9.26. The predicted octanol–water partition coefficient (Wildman–Crippen LogP) is -1.23. The van der Waals surface area contributed by atoms with Gasteiger partial charge in [0.25, 0.3) is 0 Å². The van der Waals surface area contributed by atoms with Crippen LogP contribution in [0.25, 0.3) is 0 Å². The quantitative estimate of drug-likeness (QED) is 0.371. The molecule has 0 spiro atoms. The molecular weight excluding hydrogens is 77.0 g/mol. The van der Waals surface area contributed by atoms with Crippen LogP contribution in [0.5, 0.6) is 0 Å². The van der Waals surface area contributed by atoms with E-state index in [1.165, 1.54) is 6.92 Å². The van der Waals surface area contributed by atoms with Gasteiger partial charge in [0.15, 0.2) is 0 Å². The summed E-state index contributed by atoms with van der Waals surface area (Å²) in [5, 5.41) is 9.26. The molecule has 0 aliphatic heterocycles. The molecule has 0 atom stereocenters. The molecule has 0 amide bonds.